The topological polar surface area (TPSA) is 12.9 Å². The number of hydrogen-bond donors (Lipinski definition) is 0. The van der Waals surface area contributed by atoms with Gasteiger partial charge in [-0.3, -0.25) is 4.98 Å². The maximum absolute atomic E-state index is 4.83. The number of fused-ring (bicyclic) bond motifs is 6. The molecule has 4 aromatic rings. The van der Waals surface area contributed by atoms with Crippen LogP contribution in [0.5, 0.6) is 0 Å². The second kappa shape index (κ2) is 4.54. The Kier molecular flexibility index (Phi) is 2.74. The van der Waals surface area contributed by atoms with E-state index in [1.54, 1.807) is 0 Å². The standard InChI is InChI=1S/C21H19N/c1-21(2,3)14-12-19-17-10-5-4-8-15(17)16-9-6-7-11-18(16)20(19)22-13-14/h4-13H,1-3H3. The highest BCUT2D eigenvalue weighted by molar-refractivity contribution is 6.24. The number of pyridine rings is 1. The minimum atomic E-state index is 0.105. The van der Waals surface area contributed by atoms with E-state index < -0.39 is 0 Å². The van der Waals surface area contributed by atoms with Crippen molar-refractivity contribution < 1.29 is 0 Å². The first-order valence-electron chi connectivity index (χ1n) is 7.75. The first kappa shape index (κ1) is 13.3. The van der Waals surface area contributed by atoms with Gasteiger partial charge in [0.15, 0.2) is 0 Å². The lowest BCUT2D eigenvalue weighted by molar-refractivity contribution is 0.589. The maximum Gasteiger partial charge on any atom is 0.0786 e. The molecule has 0 aliphatic carbocycles. The van der Waals surface area contributed by atoms with Crippen LogP contribution in [0.4, 0.5) is 0 Å². The third-order valence-corrected chi connectivity index (χ3v) is 4.44. The zero-order valence-electron chi connectivity index (χ0n) is 13.2. The van der Waals surface area contributed by atoms with Crippen molar-refractivity contribution in [2.75, 3.05) is 0 Å². The molecule has 0 aliphatic heterocycles. The molecule has 0 saturated heterocycles. The molecule has 108 valence electrons. The van der Waals surface area contributed by atoms with Crippen molar-refractivity contribution >= 4 is 32.4 Å². The first-order valence-corrected chi connectivity index (χ1v) is 7.75. The number of nitrogens with zero attached hydrogens (tertiary/aromatic N) is 1. The van der Waals surface area contributed by atoms with Crippen LogP contribution in [0.3, 0.4) is 0 Å². The minimum Gasteiger partial charge on any atom is -0.255 e. The van der Waals surface area contributed by atoms with Gasteiger partial charge in [0.05, 0.1) is 5.52 Å². The summed E-state index contributed by atoms with van der Waals surface area (Å²) < 4.78 is 0. The number of hydrogen-bond acceptors (Lipinski definition) is 1. The number of aromatic nitrogens is 1. The van der Waals surface area contributed by atoms with Crippen molar-refractivity contribution in [1.29, 1.82) is 0 Å². The van der Waals surface area contributed by atoms with Crippen LogP contribution in [0.15, 0.2) is 60.8 Å². The van der Waals surface area contributed by atoms with Crippen molar-refractivity contribution in [2.24, 2.45) is 0 Å². The molecule has 0 amide bonds. The quantitative estimate of drug-likeness (QED) is 0.370. The second-order valence-corrected chi connectivity index (χ2v) is 6.96. The maximum atomic E-state index is 4.83. The summed E-state index contributed by atoms with van der Waals surface area (Å²) in [4.78, 5) is 4.83. The van der Waals surface area contributed by atoms with Crippen LogP contribution in [0.2, 0.25) is 0 Å². The molecule has 0 N–H and O–H groups in total. The average Bonchev–Trinajstić information content (AvgIpc) is 2.54. The lowest BCUT2D eigenvalue weighted by atomic mass is 9.86. The normalized spacial score (nSPS) is 12.3. The molecule has 1 heteroatoms. The Hall–Kier alpha value is -2.41. The van der Waals surface area contributed by atoms with Crippen LogP contribution in [-0.2, 0) is 5.41 Å². The average molecular weight is 285 g/mol. The molecule has 0 unspecified atom stereocenters. The van der Waals surface area contributed by atoms with Crippen LogP contribution in [0, 0.1) is 0 Å². The highest BCUT2D eigenvalue weighted by atomic mass is 14.7. The van der Waals surface area contributed by atoms with E-state index in [2.05, 4.69) is 75.4 Å². The summed E-state index contributed by atoms with van der Waals surface area (Å²) in [6, 6.07) is 19.5. The largest absolute Gasteiger partial charge is 0.255 e. The summed E-state index contributed by atoms with van der Waals surface area (Å²) in [6.07, 6.45) is 2.03. The first-order chi connectivity index (χ1) is 10.6. The third kappa shape index (κ3) is 1.89. The molecular weight excluding hydrogens is 266 g/mol. The van der Waals surface area contributed by atoms with E-state index in [1.807, 2.05) is 6.20 Å². The van der Waals surface area contributed by atoms with Gasteiger partial charge in [-0.1, -0.05) is 69.3 Å². The van der Waals surface area contributed by atoms with E-state index >= 15 is 0 Å². The van der Waals surface area contributed by atoms with Crippen molar-refractivity contribution in [2.45, 2.75) is 26.2 Å². The molecule has 0 radical (unpaired) electrons. The van der Waals surface area contributed by atoms with E-state index in [1.165, 1.54) is 32.5 Å². The molecule has 1 aromatic heterocycles. The van der Waals surface area contributed by atoms with Gasteiger partial charge >= 0.3 is 0 Å². The SMILES string of the molecule is CC(C)(C)c1cnc2c3ccccc3c3ccccc3c2c1. The lowest BCUT2D eigenvalue weighted by Gasteiger charge is -2.20. The fourth-order valence-electron chi connectivity index (χ4n) is 3.17. The molecule has 3 aromatic carbocycles. The Balaban J connectivity index is 2.27. The predicted molar refractivity (Wildman–Crippen MR) is 95.5 cm³/mol. The second-order valence-electron chi connectivity index (χ2n) is 6.96. The molecule has 0 aliphatic rings. The lowest BCUT2D eigenvalue weighted by Crippen LogP contribution is -2.11. The zero-order chi connectivity index (χ0) is 15.3. The smallest absolute Gasteiger partial charge is 0.0786 e. The molecule has 0 atom stereocenters. The van der Waals surface area contributed by atoms with E-state index in [4.69, 9.17) is 4.98 Å². The van der Waals surface area contributed by atoms with Crippen molar-refractivity contribution in [3.63, 3.8) is 0 Å². The van der Waals surface area contributed by atoms with Gasteiger partial charge in [-0.05, 0) is 33.2 Å². The van der Waals surface area contributed by atoms with Crippen LogP contribution in [0.25, 0.3) is 32.4 Å². The van der Waals surface area contributed by atoms with Crippen LogP contribution >= 0.6 is 0 Å². The Labute approximate surface area is 130 Å². The Morgan fingerprint density at radius 1 is 0.682 bits per heavy atom. The number of rotatable bonds is 0. The molecule has 22 heavy (non-hydrogen) atoms. The van der Waals surface area contributed by atoms with Crippen LogP contribution in [0.1, 0.15) is 26.3 Å². The van der Waals surface area contributed by atoms with E-state index in [0.29, 0.717) is 0 Å². The summed E-state index contributed by atoms with van der Waals surface area (Å²) in [5.41, 5.74) is 2.48. The third-order valence-electron chi connectivity index (χ3n) is 4.44. The molecule has 0 bridgehead atoms. The highest BCUT2D eigenvalue weighted by Crippen LogP contribution is 2.35. The molecule has 0 spiro atoms. The molecule has 1 heterocycles. The van der Waals surface area contributed by atoms with Crippen LogP contribution < -0.4 is 0 Å². The van der Waals surface area contributed by atoms with Crippen LogP contribution in [-0.4, -0.2) is 4.98 Å². The van der Waals surface area contributed by atoms with Gasteiger partial charge in [-0.2, -0.15) is 0 Å². The summed E-state index contributed by atoms with van der Waals surface area (Å²) >= 11 is 0. The monoisotopic (exact) mass is 285 g/mol. The van der Waals surface area contributed by atoms with Gasteiger partial charge < -0.3 is 0 Å². The molecule has 0 fully saturated rings. The van der Waals surface area contributed by atoms with Crippen molar-refractivity contribution in [3.8, 4) is 0 Å². The molecular formula is C21H19N. The predicted octanol–water partition coefficient (Wildman–Crippen LogP) is 5.84. The fourth-order valence-corrected chi connectivity index (χ4v) is 3.17. The summed E-state index contributed by atoms with van der Waals surface area (Å²) in [5, 5.41) is 6.35. The van der Waals surface area contributed by atoms with E-state index in [9.17, 15) is 0 Å². The molecule has 4 rings (SSSR count). The van der Waals surface area contributed by atoms with Gasteiger partial charge in [-0.25, -0.2) is 0 Å². The van der Waals surface area contributed by atoms with Gasteiger partial charge in [0.1, 0.15) is 0 Å². The highest BCUT2D eigenvalue weighted by Gasteiger charge is 2.16. The zero-order valence-corrected chi connectivity index (χ0v) is 13.2. The summed E-state index contributed by atoms with van der Waals surface area (Å²) in [7, 11) is 0. The van der Waals surface area contributed by atoms with Gasteiger partial charge in [0.2, 0.25) is 0 Å². The fraction of sp³-hybridized carbons (Fsp3) is 0.190. The summed E-state index contributed by atoms with van der Waals surface area (Å²) in [5.74, 6) is 0. The Morgan fingerprint density at radius 3 is 1.77 bits per heavy atom. The minimum absolute atomic E-state index is 0.105. The summed E-state index contributed by atoms with van der Waals surface area (Å²) in [6.45, 7) is 6.71. The van der Waals surface area contributed by atoms with Crippen molar-refractivity contribution in [3.05, 3.63) is 66.4 Å². The van der Waals surface area contributed by atoms with Gasteiger partial charge in [-0.15, -0.1) is 0 Å². The van der Waals surface area contributed by atoms with E-state index in [-0.39, 0.29) is 5.41 Å². The van der Waals surface area contributed by atoms with E-state index in [0.717, 1.165) is 5.52 Å². The Morgan fingerprint density at radius 2 is 1.18 bits per heavy atom. The molecule has 1 nitrogen and oxygen atoms in total. The molecule has 0 saturated carbocycles. The Bertz CT molecular complexity index is 971. The number of benzene rings is 3. The van der Waals surface area contributed by atoms with Crippen molar-refractivity contribution in [1.82, 2.24) is 4.98 Å². The van der Waals surface area contributed by atoms with Gasteiger partial charge in [0.25, 0.3) is 0 Å². The van der Waals surface area contributed by atoms with Gasteiger partial charge in [0, 0.05) is 17.0 Å².